The molecule has 1 heterocycles. The predicted molar refractivity (Wildman–Crippen MR) is 103 cm³/mol. The molecular formula is C20H16F3N3OS. The van der Waals surface area contributed by atoms with Gasteiger partial charge in [-0.05, 0) is 18.2 Å². The second-order valence-corrected chi connectivity index (χ2v) is 6.80. The summed E-state index contributed by atoms with van der Waals surface area (Å²) in [7, 11) is 1.61. The van der Waals surface area contributed by atoms with Crippen LogP contribution in [0.2, 0.25) is 0 Å². The molecular weight excluding hydrogens is 387 g/mol. The van der Waals surface area contributed by atoms with Crippen LogP contribution in [0.4, 0.5) is 18.9 Å². The standard InChI is InChI=1S/C20H16F3N3OS/c1-26(15-10-6-3-7-11-15)18(27)13-28-19-24-16(14-8-4-2-5-9-14)12-17(25-19)20(21,22)23/h2-12H,13H2,1H3. The van der Waals surface area contributed by atoms with E-state index in [-0.39, 0.29) is 22.5 Å². The second kappa shape index (κ2) is 8.43. The second-order valence-electron chi connectivity index (χ2n) is 5.86. The number of rotatable bonds is 5. The molecule has 0 atom stereocenters. The Morgan fingerprint density at radius 2 is 1.61 bits per heavy atom. The van der Waals surface area contributed by atoms with Gasteiger partial charge in [-0.3, -0.25) is 4.79 Å². The minimum Gasteiger partial charge on any atom is -0.315 e. The van der Waals surface area contributed by atoms with Crippen LogP contribution in [0.25, 0.3) is 11.3 Å². The first-order valence-electron chi connectivity index (χ1n) is 8.30. The molecule has 4 nitrogen and oxygen atoms in total. The van der Waals surface area contributed by atoms with Gasteiger partial charge in [-0.2, -0.15) is 13.2 Å². The van der Waals surface area contributed by atoms with Gasteiger partial charge in [-0.25, -0.2) is 9.97 Å². The van der Waals surface area contributed by atoms with Gasteiger partial charge in [0.25, 0.3) is 0 Å². The molecule has 0 aliphatic carbocycles. The van der Waals surface area contributed by atoms with Gasteiger partial charge in [-0.15, -0.1) is 0 Å². The number of hydrogen-bond acceptors (Lipinski definition) is 4. The van der Waals surface area contributed by atoms with Crippen LogP contribution in [0.1, 0.15) is 5.69 Å². The molecule has 0 radical (unpaired) electrons. The average Bonchev–Trinajstić information content (AvgIpc) is 2.72. The van der Waals surface area contributed by atoms with Gasteiger partial charge in [0, 0.05) is 18.3 Å². The van der Waals surface area contributed by atoms with Gasteiger partial charge in [0.05, 0.1) is 11.4 Å². The van der Waals surface area contributed by atoms with E-state index < -0.39 is 11.9 Å². The number of carbonyl (C=O) groups is 1. The Bertz CT molecular complexity index is 950. The Morgan fingerprint density at radius 3 is 2.21 bits per heavy atom. The molecule has 2 aromatic carbocycles. The number of anilines is 1. The van der Waals surface area contributed by atoms with Crippen LogP contribution in [0.3, 0.4) is 0 Å². The number of aromatic nitrogens is 2. The topological polar surface area (TPSA) is 46.1 Å². The number of hydrogen-bond donors (Lipinski definition) is 0. The molecule has 8 heteroatoms. The Morgan fingerprint density at radius 1 is 1.00 bits per heavy atom. The first-order valence-corrected chi connectivity index (χ1v) is 9.29. The molecule has 1 aromatic heterocycles. The molecule has 0 fully saturated rings. The lowest BCUT2D eigenvalue weighted by Gasteiger charge is -2.17. The van der Waals surface area contributed by atoms with Gasteiger partial charge in [0.1, 0.15) is 5.69 Å². The summed E-state index contributed by atoms with van der Waals surface area (Å²) in [5, 5.41) is -0.0940. The summed E-state index contributed by atoms with van der Waals surface area (Å²) in [4.78, 5) is 21.6. The number of halogens is 3. The van der Waals surface area contributed by atoms with E-state index in [2.05, 4.69) is 9.97 Å². The smallest absolute Gasteiger partial charge is 0.315 e. The molecule has 28 heavy (non-hydrogen) atoms. The maximum absolute atomic E-state index is 13.2. The number of thioether (sulfide) groups is 1. The fraction of sp³-hybridized carbons (Fsp3) is 0.150. The van der Waals surface area contributed by atoms with E-state index in [9.17, 15) is 18.0 Å². The van der Waals surface area contributed by atoms with Crippen LogP contribution in [-0.4, -0.2) is 28.7 Å². The lowest BCUT2D eigenvalue weighted by Crippen LogP contribution is -2.27. The van der Waals surface area contributed by atoms with Gasteiger partial charge in [0.2, 0.25) is 5.91 Å². The summed E-state index contributed by atoms with van der Waals surface area (Å²) in [5.74, 6) is -0.348. The molecule has 3 aromatic rings. The van der Waals surface area contributed by atoms with E-state index in [0.717, 1.165) is 17.8 Å². The van der Waals surface area contributed by atoms with Crippen molar-refractivity contribution in [2.75, 3.05) is 17.7 Å². The van der Waals surface area contributed by atoms with Crippen LogP contribution >= 0.6 is 11.8 Å². The maximum Gasteiger partial charge on any atom is 0.433 e. The number of carbonyl (C=O) groups excluding carboxylic acids is 1. The molecule has 0 unspecified atom stereocenters. The van der Waals surface area contributed by atoms with Crippen molar-refractivity contribution in [1.82, 2.24) is 9.97 Å². The van der Waals surface area contributed by atoms with E-state index in [1.54, 1.807) is 61.6 Å². The zero-order valence-electron chi connectivity index (χ0n) is 14.8. The largest absolute Gasteiger partial charge is 0.433 e. The monoisotopic (exact) mass is 403 g/mol. The predicted octanol–water partition coefficient (Wildman–Crippen LogP) is 4.92. The van der Waals surface area contributed by atoms with Crippen LogP contribution in [0, 0.1) is 0 Å². The maximum atomic E-state index is 13.2. The van der Waals surface area contributed by atoms with Crippen molar-refractivity contribution in [3.8, 4) is 11.3 Å². The number of para-hydroxylation sites is 1. The van der Waals surface area contributed by atoms with Crippen LogP contribution in [-0.2, 0) is 11.0 Å². The lowest BCUT2D eigenvalue weighted by molar-refractivity contribution is -0.141. The van der Waals surface area contributed by atoms with Gasteiger partial charge < -0.3 is 4.90 Å². The fourth-order valence-electron chi connectivity index (χ4n) is 2.41. The van der Waals surface area contributed by atoms with Gasteiger partial charge in [-0.1, -0.05) is 60.3 Å². The van der Waals surface area contributed by atoms with Crippen LogP contribution in [0.15, 0.2) is 71.9 Å². The highest BCUT2D eigenvalue weighted by molar-refractivity contribution is 7.99. The van der Waals surface area contributed by atoms with E-state index >= 15 is 0 Å². The summed E-state index contributed by atoms with van der Waals surface area (Å²) in [5.41, 5.74) is 0.370. The minimum absolute atomic E-state index is 0.0824. The van der Waals surface area contributed by atoms with Crippen molar-refractivity contribution < 1.29 is 18.0 Å². The molecule has 0 aliphatic rings. The molecule has 0 saturated carbocycles. The van der Waals surface area contributed by atoms with E-state index in [4.69, 9.17) is 0 Å². The summed E-state index contributed by atoms with van der Waals surface area (Å²) >= 11 is 0.877. The molecule has 0 N–H and O–H groups in total. The van der Waals surface area contributed by atoms with Crippen LogP contribution in [0.5, 0.6) is 0 Å². The van der Waals surface area contributed by atoms with Crippen molar-refractivity contribution in [3.63, 3.8) is 0 Å². The molecule has 144 valence electrons. The third-order valence-corrected chi connectivity index (χ3v) is 4.74. The SMILES string of the molecule is CN(C(=O)CSc1nc(-c2ccccc2)cc(C(F)(F)F)n1)c1ccccc1. The highest BCUT2D eigenvalue weighted by atomic mass is 32.2. The molecule has 0 aliphatic heterocycles. The van der Waals surface area contributed by atoms with Gasteiger partial charge in [0.15, 0.2) is 5.16 Å². The molecule has 0 saturated heterocycles. The van der Waals surface area contributed by atoms with Crippen molar-refractivity contribution in [2.24, 2.45) is 0 Å². The number of alkyl halides is 3. The Kier molecular flexibility index (Phi) is 5.99. The highest BCUT2D eigenvalue weighted by Gasteiger charge is 2.34. The number of nitrogens with zero attached hydrogens (tertiary/aromatic N) is 3. The first-order chi connectivity index (χ1) is 13.3. The highest BCUT2D eigenvalue weighted by Crippen LogP contribution is 2.32. The Balaban J connectivity index is 1.82. The van der Waals surface area contributed by atoms with Crippen molar-refractivity contribution >= 4 is 23.4 Å². The molecule has 1 amide bonds. The minimum atomic E-state index is -4.60. The van der Waals surface area contributed by atoms with E-state index in [1.807, 2.05) is 6.07 Å². The van der Waals surface area contributed by atoms with Gasteiger partial charge >= 0.3 is 6.18 Å². The van der Waals surface area contributed by atoms with Crippen molar-refractivity contribution in [3.05, 3.63) is 72.4 Å². The average molecular weight is 403 g/mol. The summed E-state index contributed by atoms with van der Waals surface area (Å²) in [6.45, 7) is 0. The third kappa shape index (κ3) is 4.89. The molecule has 3 rings (SSSR count). The number of amides is 1. The lowest BCUT2D eigenvalue weighted by atomic mass is 10.1. The normalized spacial score (nSPS) is 11.3. The summed E-state index contributed by atoms with van der Waals surface area (Å²) in [6.07, 6.45) is -4.60. The third-order valence-electron chi connectivity index (χ3n) is 3.91. The number of benzene rings is 2. The zero-order valence-corrected chi connectivity index (χ0v) is 15.7. The Hall–Kier alpha value is -2.87. The molecule has 0 spiro atoms. The summed E-state index contributed by atoms with van der Waals surface area (Å²) < 4.78 is 39.7. The van der Waals surface area contributed by atoms with E-state index in [1.165, 1.54) is 4.90 Å². The van der Waals surface area contributed by atoms with Crippen molar-refractivity contribution in [2.45, 2.75) is 11.3 Å². The molecule has 0 bridgehead atoms. The quantitative estimate of drug-likeness (QED) is 0.448. The van der Waals surface area contributed by atoms with Crippen LogP contribution < -0.4 is 4.90 Å². The fourth-order valence-corrected chi connectivity index (χ4v) is 3.18. The first kappa shape index (κ1) is 19.9. The Labute approximate surface area is 164 Å². The van der Waals surface area contributed by atoms with E-state index in [0.29, 0.717) is 11.3 Å². The van der Waals surface area contributed by atoms with Crippen molar-refractivity contribution in [1.29, 1.82) is 0 Å². The zero-order chi connectivity index (χ0) is 20.1. The summed E-state index contributed by atoms with van der Waals surface area (Å²) in [6, 6.07) is 18.4.